The molecule has 0 bridgehead atoms. The number of benzene rings is 2. The molecule has 3 aromatic rings. The van der Waals surface area contributed by atoms with Crippen molar-refractivity contribution in [1.82, 2.24) is 20.1 Å². The molecule has 0 fully saturated rings. The zero-order valence-electron chi connectivity index (χ0n) is 17.8. The Balaban J connectivity index is 1.66. The molecular weight excluding hydrogens is 469 g/mol. The van der Waals surface area contributed by atoms with E-state index in [1.165, 1.54) is 11.8 Å². The summed E-state index contributed by atoms with van der Waals surface area (Å²) in [5.41, 5.74) is 1.07. The van der Waals surface area contributed by atoms with Crippen LogP contribution >= 0.6 is 35.0 Å². The van der Waals surface area contributed by atoms with Gasteiger partial charge in [-0.2, -0.15) is 0 Å². The quantitative estimate of drug-likeness (QED) is 0.433. The van der Waals surface area contributed by atoms with Crippen LogP contribution < -0.4 is 10.6 Å². The standard InChI is InChI=1S/C22H23Cl2N5O2S/c1-13(2)19(26-21(31)14-7-5-4-6-8-14)20-27-28-22(29(20)3)32-12-18(30)25-17-10-9-15(23)11-16(17)24/h4-11,13,19H,12H2,1-3H3,(H,25,30)(H,26,31)/t19-/m0/s1. The number of hydrogen-bond donors (Lipinski definition) is 2. The van der Waals surface area contributed by atoms with Gasteiger partial charge >= 0.3 is 0 Å². The van der Waals surface area contributed by atoms with Crippen molar-refractivity contribution in [2.24, 2.45) is 13.0 Å². The molecule has 2 N–H and O–H groups in total. The summed E-state index contributed by atoms with van der Waals surface area (Å²) in [6, 6.07) is 13.5. The Morgan fingerprint density at radius 3 is 2.47 bits per heavy atom. The molecule has 0 aliphatic rings. The first-order valence-corrected chi connectivity index (χ1v) is 11.6. The number of rotatable bonds is 8. The second-order valence-corrected chi connectivity index (χ2v) is 9.21. The van der Waals surface area contributed by atoms with Crippen LogP contribution in [0.15, 0.2) is 53.7 Å². The Morgan fingerprint density at radius 2 is 1.81 bits per heavy atom. The van der Waals surface area contributed by atoms with Gasteiger partial charge in [-0.1, -0.05) is 67.0 Å². The fraction of sp³-hybridized carbons (Fsp3) is 0.273. The van der Waals surface area contributed by atoms with Gasteiger partial charge in [-0.3, -0.25) is 9.59 Å². The van der Waals surface area contributed by atoms with Crippen molar-refractivity contribution in [2.45, 2.75) is 25.0 Å². The zero-order valence-corrected chi connectivity index (χ0v) is 20.1. The van der Waals surface area contributed by atoms with Gasteiger partial charge in [0.25, 0.3) is 5.91 Å². The van der Waals surface area contributed by atoms with E-state index >= 15 is 0 Å². The Morgan fingerprint density at radius 1 is 1.09 bits per heavy atom. The van der Waals surface area contributed by atoms with E-state index in [9.17, 15) is 9.59 Å². The molecule has 0 aliphatic heterocycles. The second-order valence-electron chi connectivity index (χ2n) is 7.42. The fourth-order valence-corrected chi connectivity index (χ4v) is 4.15. The van der Waals surface area contributed by atoms with E-state index in [4.69, 9.17) is 23.2 Å². The number of carbonyl (C=O) groups excluding carboxylic acids is 2. The summed E-state index contributed by atoms with van der Waals surface area (Å²) in [6.07, 6.45) is 0. The van der Waals surface area contributed by atoms with Gasteiger partial charge in [0, 0.05) is 17.6 Å². The van der Waals surface area contributed by atoms with Crippen molar-refractivity contribution >= 4 is 52.5 Å². The molecule has 1 atom stereocenters. The van der Waals surface area contributed by atoms with E-state index in [2.05, 4.69) is 20.8 Å². The van der Waals surface area contributed by atoms with E-state index in [0.29, 0.717) is 32.3 Å². The molecule has 168 valence electrons. The molecule has 0 radical (unpaired) electrons. The van der Waals surface area contributed by atoms with Crippen LogP contribution in [0.2, 0.25) is 10.0 Å². The predicted octanol–water partition coefficient (Wildman–Crippen LogP) is 4.98. The first-order chi connectivity index (χ1) is 15.3. The number of nitrogens with zero attached hydrogens (tertiary/aromatic N) is 3. The van der Waals surface area contributed by atoms with E-state index in [1.807, 2.05) is 39.1 Å². The summed E-state index contributed by atoms with van der Waals surface area (Å²) in [5, 5.41) is 15.7. The zero-order chi connectivity index (χ0) is 23.3. The SMILES string of the molecule is CC(C)[C@H](NC(=O)c1ccccc1)c1nnc(SCC(=O)Nc2ccc(Cl)cc2Cl)n1C. The van der Waals surface area contributed by atoms with Crippen LogP contribution in [0.25, 0.3) is 0 Å². The third-order valence-corrected chi connectivity index (χ3v) is 6.24. The minimum atomic E-state index is -0.337. The van der Waals surface area contributed by atoms with E-state index in [0.717, 1.165) is 0 Å². The first-order valence-electron chi connectivity index (χ1n) is 9.89. The highest BCUT2D eigenvalue weighted by molar-refractivity contribution is 7.99. The van der Waals surface area contributed by atoms with Gasteiger partial charge in [-0.05, 0) is 36.2 Å². The molecule has 1 aromatic heterocycles. The molecule has 0 spiro atoms. The van der Waals surface area contributed by atoms with Crippen LogP contribution in [0.4, 0.5) is 5.69 Å². The smallest absolute Gasteiger partial charge is 0.251 e. The average molecular weight is 492 g/mol. The van der Waals surface area contributed by atoms with Crippen LogP contribution in [-0.2, 0) is 11.8 Å². The van der Waals surface area contributed by atoms with E-state index in [-0.39, 0.29) is 29.5 Å². The number of thioether (sulfide) groups is 1. The molecule has 32 heavy (non-hydrogen) atoms. The molecule has 7 nitrogen and oxygen atoms in total. The van der Waals surface area contributed by atoms with Gasteiger partial charge in [0.2, 0.25) is 5.91 Å². The third kappa shape index (κ3) is 6.03. The van der Waals surface area contributed by atoms with Crippen LogP contribution in [0.3, 0.4) is 0 Å². The summed E-state index contributed by atoms with van der Waals surface area (Å²) < 4.78 is 1.79. The van der Waals surface area contributed by atoms with Gasteiger partial charge in [-0.25, -0.2) is 0 Å². The van der Waals surface area contributed by atoms with Gasteiger partial charge in [0.1, 0.15) is 0 Å². The number of aromatic nitrogens is 3. The number of halogens is 2. The number of nitrogens with one attached hydrogen (secondary N) is 2. The molecule has 0 saturated heterocycles. The van der Waals surface area contributed by atoms with Crippen molar-refractivity contribution in [2.75, 3.05) is 11.1 Å². The lowest BCUT2D eigenvalue weighted by atomic mass is 10.0. The predicted molar refractivity (Wildman–Crippen MR) is 128 cm³/mol. The summed E-state index contributed by atoms with van der Waals surface area (Å²) in [4.78, 5) is 25.0. The van der Waals surface area contributed by atoms with Crippen LogP contribution in [-0.4, -0.2) is 32.3 Å². The topological polar surface area (TPSA) is 88.9 Å². The van der Waals surface area contributed by atoms with E-state index < -0.39 is 0 Å². The first kappa shape index (κ1) is 24.1. The highest BCUT2D eigenvalue weighted by Gasteiger charge is 2.25. The van der Waals surface area contributed by atoms with E-state index in [1.54, 1.807) is 34.9 Å². The minimum Gasteiger partial charge on any atom is -0.342 e. The highest BCUT2D eigenvalue weighted by atomic mass is 35.5. The Kier molecular flexibility index (Phi) is 8.17. The van der Waals surface area contributed by atoms with Gasteiger partial charge < -0.3 is 15.2 Å². The van der Waals surface area contributed by atoms with Crippen LogP contribution in [0.5, 0.6) is 0 Å². The Labute approximate surface area is 200 Å². The van der Waals surface area contributed by atoms with Crippen LogP contribution in [0, 0.1) is 5.92 Å². The van der Waals surface area contributed by atoms with Crippen molar-refractivity contribution in [3.05, 3.63) is 70.0 Å². The second kappa shape index (κ2) is 10.8. The molecule has 10 heteroatoms. The molecule has 0 aliphatic carbocycles. The molecule has 1 heterocycles. The number of amides is 2. The maximum atomic E-state index is 12.6. The maximum absolute atomic E-state index is 12.6. The molecule has 2 amide bonds. The highest BCUT2D eigenvalue weighted by Crippen LogP contribution is 2.27. The lowest BCUT2D eigenvalue weighted by molar-refractivity contribution is -0.113. The average Bonchev–Trinajstić information content (AvgIpc) is 3.12. The molecule has 2 aromatic carbocycles. The third-order valence-electron chi connectivity index (χ3n) is 4.67. The number of hydrogen-bond acceptors (Lipinski definition) is 5. The van der Waals surface area contributed by atoms with Gasteiger partial charge in [0.05, 0.1) is 22.5 Å². The van der Waals surface area contributed by atoms with Crippen molar-refractivity contribution in [3.8, 4) is 0 Å². The molecule has 0 saturated carbocycles. The van der Waals surface area contributed by atoms with Crippen molar-refractivity contribution < 1.29 is 9.59 Å². The largest absolute Gasteiger partial charge is 0.342 e. The minimum absolute atomic E-state index is 0.0822. The summed E-state index contributed by atoms with van der Waals surface area (Å²) in [6.45, 7) is 4.00. The molecular formula is C22H23Cl2N5O2S. The number of carbonyl (C=O) groups is 2. The summed E-state index contributed by atoms with van der Waals surface area (Å²) in [7, 11) is 1.82. The lowest BCUT2D eigenvalue weighted by Crippen LogP contribution is -2.33. The molecule has 3 rings (SSSR count). The maximum Gasteiger partial charge on any atom is 0.251 e. The van der Waals surface area contributed by atoms with Gasteiger partial charge in [0.15, 0.2) is 11.0 Å². The van der Waals surface area contributed by atoms with Crippen LogP contribution in [0.1, 0.15) is 36.1 Å². The Hall–Kier alpha value is -2.55. The monoisotopic (exact) mass is 491 g/mol. The summed E-state index contributed by atoms with van der Waals surface area (Å²) in [5.74, 6) is 0.405. The molecule has 0 unspecified atom stereocenters. The normalized spacial score (nSPS) is 11.9. The Bertz CT molecular complexity index is 1100. The summed E-state index contributed by atoms with van der Waals surface area (Å²) >= 11 is 13.2. The fourth-order valence-electron chi connectivity index (χ4n) is 2.97. The van der Waals surface area contributed by atoms with Crippen molar-refractivity contribution in [3.63, 3.8) is 0 Å². The van der Waals surface area contributed by atoms with Gasteiger partial charge in [-0.15, -0.1) is 10.2 Å². The number of anilines is 1. The van der Waals surface area contributed by atoms with Crippen molar-refractivity contribution in [1.29, 1.82) is 0 Å². The lowest BCUT2D eigenvalue weighted by Gasteiger charge is -2.21.